The first-order valence-corrected chi connectivity index (χ1v) is 9.06. The van der Waals surface area contributed by atoms with Crippen LogP contribution in [0.25, 0.3) is 0 Å². The molecule has 136 valence electrons. The van der Waals surface area contributed by atoms with Crippen LogP contribution in [0.4, 0.5) is 0 Å². The molecule has 2 amide bonds. The number of nitrogens with zero attached hydrogens (tertiary/aromatic N) is 2. The Kier molecular flexibility index (Phi) is 4.52. The standard InChI is InChI=1S/C18H24N2O5/c1-12-14(4-8-23-12)18(22)19-11-13(10-16-15(19)5-9-24-16)17(21)20-6-2-3-7-25-20/h4,8,13,15-16H,2-3,5-7,9-11H2,1H3/t13-,15+,16+/m0/s1. The van der Waals surface area contributed by atoms with Gasteiger partial charge in [-0.25, -0.2) is 5.06 Å². The van der Waals surface area contributed by atoms with E-state index in [2.05, 4.69) is 0 Å². The number of likely N-dealkylation sites (tertiary alicyclic amines) is 1. The predicted octanol–water partition coefficient (Wildman–Crippen LogP) is 1.76. The van der Waals surface area contributed by atoms with E-state index in [1.165, 1.54) is 11.3 Å². The first kappa shape index (κ1) is 16.6. The number of ether oxygens (including phenoxy) is 1. The van der Waals surface area contributed by atoms with Crippen LogP contribution in [0.15, 0.2) is 16.7 Å². The first-order valence-electron chi connectivity index (χ1n) is 9.06. The maximum absolute atomic E-state index is 13.0. The quantitative estimate of drug-likeness (QED) is 0.814. The van der Waals surface area contributed by atoms with Crippen molar-refractivity contribution in [3.05, 3.63) is 23.7 Å². The van der Waals surface area contributed by atoms with Crippen LogP contribution in [0.3, 0.4) is 0 Å². The van der Waals surface area contributed by atoms with E-state index >= 15 is 0 Å². The zero-order valence-corrected chi connectivity index (χ0v) is 14.5. The second kappa shape index (κ2) is 6.80. The van der Waals surface area contributed by atoms with Gasteiger partial charge in [0.05, 0.1) is 36.5 Å². The van der Waals surface area contributed by atoms with Crippen LogP contribution < -0.4 is 0 Å². The minimum Gasteiger partial charge on any atom is -0.469 e. The molecule has 7 heteroatoms. The maximum Gasteiger partial charge on any atom is 0.257 e. The Hall–Kier alpha value is -1.86. The van der Waals surface area contributed by atoms with Crippen molar-refractivity contribution in [2.45, 2.75) is 44.8 Å². The Morgan fingerprint density at radius 3 is 2.84 bits per heavy atom. The molecule has 0 spiro atoms. The van der Waals surface area contributed by atoms with E-state index in [4.69, 9.17) is 14.0 Å². The van der Waals surface area contributed by atoms with Gasteiger partial charge in [-0.05, 0) is 38.7 Å². The number of carbonyl (C=O) groups excluding carboxylic acids is 2. The minimum atomic E-state index is -0.284. The molecular weight excluding hydrogens is 324 g/mol. The van der Waals surface area contributed by atoms with E-state index in [-0.39, 0.29) is 29.9 Å². The second-order valence-electron chi connectivity index (χ2n) is 7.03. The number of hydroxylamine groups is 2. The van der Waals surface area contributed by atoms with Gasteiger partial charge in [-0.2, -0.15) is 0 Å². The highest BCUT2D eigenvalue weighted by atomic mass is 16.7. The summed E-state index contributed by atoms with van der Waals surface area (Å²) in [6, 6.07) is 1.73. The fraction of sp³-hybridized carbons (Fsp3) is 0.667. The highest BCUT2D eigenvalue weighted by molar-refractivity contribution is 5.96. The molecule has 0 aromatic carbocycles. The summed E-state index contributed by atoms with van der Waals surface area (Å²) in [5.74, 6) is 0.209. The maximum atomic E-state index is 13.0. The van der Waals surface area contributed by atoms with Crippen LogP contribution >= 0.6 is 0 Å². The van der Waals surface area contributed by atoms with E-state index in [1.807, 2.05) is 4.90 Å². The normalized spacial score (nSPS) is 29.6. The Labute approximate surface area is 146 Å². The topological polar surface area (TPSA) is 72.2 Å². The van der Waals surface area contributed by atoms with Crippen molar-refractivity contribution in [3.63, 3.8) is 0 Å². The highest BCUT2D eigenvalue weighted by Crippen LogP contribution is 2.34. The van der Waals surface area contributed by atoms with Crippen LogP contribution in [0, 0.1) is 12.8 Å². The molecule has 0 saturated carbocycles. The van der Waals surface area contributed by atoms with Crippen LogP contribution in [-0.4, -0.2) is 60.2 Å². The molecular formula is C18H24N2O5. The summed E-state index contributed by atoms with van der Waals surface area (Å²) in [4.78, 5) is 33.2. The van der Waals surface area contributed by atoms with Gasteiger partial charge in [0.2, 0.25) is 0 Å². The number of furan rings is 1. The summed E-state index contributed by atoms with van der Waals surface area (Å²) in [7, 11) is 0. The molecule has 4 rings (SSSR count). The van der Waals surface area contributed by atoms with Gasteiger partial charge in [-0.3, -0.25) is 14.4 Å². The molecule has 3 aliphatic rings. The molecule has 0 radical (unpaired) electrons. The van der Waals surface area contributed by atoms with E-state index in [0.717, 1.165) is 19.3 Å². The van der Waals surface area contributed by atoms with Crippen LogP contribution in [0.5, 0.6) is 0 Å². The lowest BCUT2D eigenvalue weighted by molar-refractivity contribution is -0.203. The second-order valence-corrected chi connectivity index (χ2v) is 7.03. The van der Waals surface area contributed by atoms with Gasteiger partial charge in [0.15, 0.2) is 0 Å². The Morgan fingerprint density at radius 2 is 2.12 bits per heavy atom. The summed E-state index contributed by atoms with van der Waals surface area (Å²) in [5, 5.41) is 1.48. The van der Waals surface area contributed by atoms with Gasteiger partial charge < -0.3 is 14.1 Å². The van der Waals surface area contributed by atoms with Crippen molar-refractivity contribution >= 4 is 11.8 Å². The average Bonchev–Trinajstić information content (AvgIpc) is 3.29. The molecule has 0 aliphatic carbocycles. The third-order valence-electron chi connectivity index (χ3n) is 5.46. The summed E-state index contributed by atoms with van der Waals surface area (Å²) < 4.78 is 11.1. The van der Waals surface area contributed by atoms with Crippen molar-refractivity contribution < 1.29 is 23.6 Å². The van der Waals surface area contributed by atoms with Crippen LogP contribution in [0.1, 0.15) is 41.8 Å². The van der Waals surface area contributed by atoms with Gasteiger partial charge in [0, 0.05) is 19.7 Å². The summed E-state index contributed by atoms with van der Waals surface area (Å²) in [5.41, 5.74) is 0.563. The molecule has 7 nitrogen and oxygen atoms in total. The number of rotatable bonds is 2. The van der Waals surface area contributed by atoms with Crippen LogP contribution in [0.2, 0.25) is 0 Å². The number of fused-ring (bicyclic) bond motifs is 1. The van der Waals surface area contributed by atoms with Gasteiger partial charge in [-0.1, -0.05) is 0 Å². The zero-order chi connectivity index (χ0) is 17.4. The predicted molar refractivity (Wildman–Crippen MR) is 87.6 cm³/mol. The molecule has 1 aromatic heterocycles. The lowest BCUT2D eigenvalue weighted by Crippen LogP contribution is -2.55. The van der Waals surface area contributed by atoms with Crippen molar-refractivity contribution in [1.29, 1.82) is 0 Å². The zero-order valence-electron chi connectivity index (χ0n) is 14.5. The summed E-state index contributed by atoms with van der Waals surface area (Å²) >= 11 is 0. The van der Waals surface area contributed by atoms with Crippen molar-refractivity contribution in [2.24, 2.45) is 5.92 Å². The molecule has 25 heavy (non-hydrogen) atoms. The molecule has 3 atom stereocenters. The fourth-order valence-electron chi connectivity index (χ4n) is 4.09. The third-order valence-corrected chi connectivity index (χ3v) is 5.46. The summed E-state index contributed by atoms with van der Waals surface area (Å²) in [6.45, 7) is 4.03. The van der Waals surface area contributed by atoms with E-state index < -0.39 is 0 Å². The number of carbonyl (C=O) groups is 2. The minimum absolute atomic E-state index is 0.0321. The summed E-state index contributed by atoms with van der Waals surface area (Å²) in [6.07, 6.45) is 4.85. The molecule has 0 unspecified atom stereocenters. The number of piperidine rings is 1. The van der Waals surface area contributed by atoms with Crippen molar-refractivity contribution in [1.82, 2.24) is 9.96 Å². The Bertz CT molecular complexity index is 652. The molecule has 4 heterocycles. The highest BCUT2D eigenvalue weighted by Gasteiger charge is 2.45. The van der Waals surface area contributed by atoms with E-state index in [9.17, 15) is 9.59 Å². The smallest absolute Gasteiger partial charge is 0.257 e. The largest absolute Gasteiger partial charge is 0.469 e. The van der Waals surface area contributed by atoms with Gasteiger partial charge in [0.25, 0.3) is 11.8 Å². The molecule has 1 aromatic rings. The number of hydrogen-bond donors (Lipinski definition) is 0. The lowest BCUT2D eigenvalue weighted by atomic mass is 9.88. The van der Waals surface area contributed by atoms with Gasteiger partial charge >= 0.3 is 0 Å². The Balaban J connectivity index is 1.54. The number of amides is 2. The first-order chi connectivity index (χ1) is 12.1. The van der Waals surface area contributed by atoms with E-state index in [1.54, 1.807) is 13.0 Å². The third kappa shape index (κ3) is 3.06. The number of aryl methyl sites for hydroxylation is 1. The van der Waals surface area contributed by atoms with Crippen molar-refractivity contribution in [3.8, 4) is 0 Å². The lowest BCUT2D eigenvalue weighted by Gasteiger charge is -2.41. The fourth-order valence-corrected chi connectivity index (χ4v) is 4.09. The number of hydrogen-bond acceptors (Lipinski definition) is 5. The Morgan fingerprint density at radius 1 is 1.24 bits per heavy atom. The van der Waals surface area contributed by atoms with Crippen LogP contribution in [-0.2, 0) is 14.4 Å². The monoisotopic (exact) mass is 348 g/mol. The average molecular weight is 348 g/mol. The van der Waals surface area contributed by atoms with Crippen molar-refractivity contribution in [2.75, 3.05) is 26.3 Å². The molecule has 3 saturated heterocycles. The van der Waals surface area contributed by atoms with E-state index in [0.29, 0.717) is 44.0 Å². The molecule has 3 fully saturated rings. The molecule has 0 bridgehead atoms. The van der Waals surface area contributed by atoms with Gasteiger partial charge in [0.1, 0.15) is 5.76 Å². The molecule has 3 aliphatic heterocycles. The van der Waals surface area contributed by atoms with Gasteiger partial charge in [-0.15, -0.1) is 0 Å². The SMILES string of the molecule is Cc1occc1C(=O)N1C[C@@H](C(=O)N2CCCCO2)C[C@H]2OCC[C@H]21. The molecule has 0 N–H and O–H groups in total.